The Morgan fingerprint density at radius 1 is 1.25 bits per heavy atom. The largest absolute Gasteiger partial charge is 0.231 e. The van der Waals surface area contributed by atoms with Crippen LogP contribution in [0.4, 0.5) is 5.69 Å². The van der Waals surface area contributed by atoms with Crippen LogP contribution >= 0.6 is 0 Å². The Kier molecular flexibility index (Phi) is 2.31. The molecule has 16 heavy (non-hydrogen) atoms. The fourth-order valence-electron chi connectivity index (χ4n) is 3.09. The molecule has 1 aliphatic heterocycles. The lowest BCUT2D eigenvalue weighted by Crippen LogP contribution is -2.19. The highest BCUT2D eigenvalue weighted by molar-refractivity contribution is 5.28. The summed E-state index contributed by atoms with van der Waals surface area (Å²) in [7, 11) is 0. The van der Waals surface area contributed by atoms with Gasteiger partial charge in [0.1, 0.15) is 5.54 Å². The van der Waals surface area contributed by atoms with Crippen molar-refractivity contribution >= 4 is 5.69 Å². The van der Waals surface area contributed by atoms with Crippen molar-refractivity contribution in [3.63, 3.8) is 0 Å². The molecule has 3 rings (SSSR count). The van der Waals surface area contributed by atoms with Gasteiger partial charge >= 0.3 is 0 Å². The molecular formula is C14H19N2+. The van der Waals surface area contributed by atoms with Crippen LogP contribution in [0, 0.1) is 0 Å². The summed E-state index contributed by atoms with van der Waals surface area (Å²) in [5.74, 6) is 0. The topological polar surface area (TPSA) is 15.4 Å². The van der Waals surface area contributed by atoms with Crippen LogP contribution in [0.3, 0.4) is 0 Å². The maximum atomic E-state index is 4.95. The smallest absolute Gasteiger partial charge is 0.0858 e. The SMILES string of the molecule is CC12CCCCC(C1)[N+](c1ccccc1)=N2. The molecule has 0 radical (unpaired) electrons. The molecule has 1 aromatic rings. The van der Waals surface area contributed by atoms with Crippen LogP contribution in [0.5, 0.6) is 0 Å². The monoisotopic (exact) mass is 215 g/mol. The molecular weight excluding hydrogens is 196 g/mol. The van der Waals surface area contributed by atoms with Gasteiger partial charge in [-0.25, -0.2) is 0 Å². The van der Waals surface area contributed by atoms with Gasteiger partial charge in [-0.05, 0) is 24.9 Å². The average molecular weight is 215 g/mol. The highest BCUT2D eigenvalue weighted by Gasteiger charge is 2.45. The summed E-state index contributed by atoms with van der Waals surface area (Å²) >= 11 is 0. The predicted molar refractivity (Wildman–Crippen MR) is 64.1 cm³/mol. The van der Waals surface area contributed by atoms with Crippen molar-refractivity contribution in [2.24, 2.45) is 5.11 Å². The Hall–Kier alpha value is -1.18. The molecule has 0 saturated heterocycles. The van der Waals surface area contributed by atoms with Crippen LogP contribution in [-0.2, 0) is 0 Å². The lowest BCUT2D eigenvalue weighted by Gasteiger charge is -2.11. The minimum atomic E-state index is 0.205. The quantitative estimate of drug-likeness (QED) is 0.632. The zero-order valence-corrected chi connectivity index (χ0v) is 9.89. The van der Waals surface area contributed by atoms with Crippen LogP contribution in [0.1, 0.15) is 39.0 Å². The number of fused-ring (bicyclic) bond motifs is 2. The van der Waals surface area contributed by atoms with E-state index in [1.165, 1.54) is 37.8 Å². The van der Waals surface area contributed by atoms with Gasteiger partial charge in [0.2, 0.25) is 5.69 Å². The number of hydrogen-bond acceptors (Lipinski definition) is 1. The van der Waals surface area contributed by atoms with E-state index in [1.807, 2.05) is 0 Å². The lowest BCUT2D eigenvalue weighted by atomic mass is 9.94. The van der Waals surface area contributed by atoms with Crippen molar-refractivity contribution in [1.29, 1.82) is 0 Å². The molecule has 1 aromatic carbocycles. The number of rotatable bonds is 1. The third kappa shape index (κ3) is 1.66. The highest BCUT2D eigenvalue weighted by Crippen LogP contribution is 2.39. The average Bonchev–Trinajstić information content (AvgIpc) is 2.50. The Morgan fingerprint density at radius 2 is 2.06 bits per heavy atom. The van der Waals surface area contributed by atoms with E-state index in [9.17, 15) is 0 Å². The molecule has 1 saturated carbocycles. The van der Waals surface area contributed by atoms with Gasteiger partial charge in [0.05, 0.1) is 0 Å². The first kappa shape index (κ1) is 10.0. The highest BCUT2D eigenvalue weighted by atomic mass is 15.4. The molecule has 2 nitrogen and oxygen atoms in total. The molecule has 0 spiro atoms. The molecule has 1 aliphatic carbocycles. The molecule has 2 bridgehead atoms. The molecule has 0 aromatic heterocycles. The van der Waals surface area contributed by atoms with Crippen molar-refractivity contribution < 1.29 is 4.70 Å². The molecule has 2 unspecified atom stereocenters. The number of para-hydroxylation sites is 1. The number of nitrogens with zero attached hydrogens (tertiary/aromatic N) is 2. The molecule has 2 atom stereocenters. The molecule has 1 heterocycles. The zero-order valence-electron chi connectivity index (χ0n) is 9.89. The van der Waals surface area contributed by atoms with Gasteiger partial charge in [-0.15, -0.1) is 0 Å². The molecule has 84 valence electrons. The van der Waals surface area contributed by atoms with Crippen molar-refractivity contribution in [3.05, 3.63) is 30.3 Å². The van der Waals surface area contributed by atoms with Crippen molar-refractivity contribution in [2.75, 3.05) is 0 Å². The molecule has 0 N–H and O–H groups in total. The van der Waals surface area contributed by atoms with Gasteiger partial charge < -0.3 is 0 Å². The minimum Gasteiger partial charge on any atom is -0.0858 e. The van der Waals surface area contributed by atoms with Crippen LogP contribution in [0.25, 0.3) is 0 Å². The van der Waals surface area contributed by atoms with E-state index in [0.717, 1.165) is 0 Å². The fraction of sp³-hybridized carbons (Fsp3) is 0.571. The van der Waals surface area contributed by atoms with E-state index in [0.29, 0.717) is 6.04 Å². The molecule has 1 fully saturated rings. The Labute approximate surface area is 97.0 Å². The Balaban J connectivity index is 1.99. The maximum Gasteiger partial charge on any atom is 0.231 e. The third-order valence-corrected chi connectivity index (χ3v) is 3.89. The van der Waals surface area contributed by atoms with E-state index >= 15 is 0 Å². The summed E-state index contributed by atoms with van der Waals surface area (Å²) < 4.78 is 2.28. The summed E-state index contributed by atoms with van der Waals surface area (Å²) in [5.41, 5.74) is 1.47. The van der Waals surface area contributed by atoms with Gasteiger partial charge in [-0.2, -0.15) is 0 Å². The van der Waals surface area contributed by atoms with Crippen LogP contribution < -0.4 is 0 Å². The van der Waals surface area contributed by atoms with E-state index in [1.54, 1.807) is 0 Å². The lowest BCUT2D eigenvalue weighted by molar-refractivity contribution is -0.540. The summed E-state index contributed by atoms with van der Waals surface area (Å²) in [5, 5.41) is 4.95. The van der Waals surface area contributed by atoms with Gasteiger partial charge in [0, 0.05) is 25.0 Å². The maximum absolute atomic E-state index is 4.95. The van der Waals surface area contributed by atoms with Crippen LogP contribution in [0.15, 0.2) is 35.4 Å². The summed E-state index contributed by atoms with van der Waals surface area (Å²) in [4.78, 5) is 0. The molecule has 0 amide bonds. The standard InChI is InChI=1S/C14H19N2/c1-14-10-6-5-9-13(11-14)16(15-14)12-7-3-2-4-8-12/h2-4,7-8,13H,5-6,9-11H2,1H3/q+1. The fourth-order valence-corrected chi connectivity index (χ4v) is 3.09. The minimum absolute atomic E-state index is 0.205. The second-order valence-electron chi connectivity index (χ2n) is 5.38. The van der Waals surface area contributed by atoms with Crippen LogP contribution in [0.2, 0.25) is 0 Å². The van der Waals surface area contributed by atoms with E-state index < -0.39 is 0 Å². The first-order valence-electron chi connectivity index (χ1n) is 6.34. The predicted octanol–water partition coefficient (Wildman–Crippen LogP) is 3.89. The van der Waals surface area contributed by atoms with E-state index in [2.05, 4.69) is 42.0 Å². The van der Waals surface area contributed by atoms with Gasteiger partial charge in [0.25, 0.3) is 0 Å². The second kappa shape index (κ2) is 3.69. The number of hydrogen-bond donors (Lipinski definition) is 0. The second-order valence-corrected chi connectivity index (χ2v) is 5.38. The van der Waals surface area contributed by atoms with E-state index in [4.69, 9.17) is 5.11 Å². The molecule has 2 aliphatic rings. The van der Waals surface area contributed by atoms with Gasteiger partial charge in [-0.3, -0.25) is 0 Å². The van der Waals surface area contributed by atoms with E-state index in [-0.39, 0.29) is 5.54 Å². The van der Waals surface area contributed by atoms with Crippen molar-refractivity contribution in [2.45, 2.75) is 50.6 Å². The normalized spacial score (nSPS) is 33.3. The Morgan fingerprint density at radius 3 is 2.88 bits per heavy atom. The summed E-state index contributed by atoms with van der Waals surface area (Å²) in [6.45, 7) is 2.31. The van der Waals surface area contributed by atoms with Gasteiger partial charge in [-0.1, -0.05) is 29.3 Å². The number of benzene rings is 1. The van der Waals surface area contributed by atoms with Gasteiger partial charge in [0.15, 0.2) is 6.04 Å². The first-order chi connectivity index (χ1) is 7.77. The summed E-state index contributed by atoms with van der Waals surface area (Å²) in [6.07, 6.45) is 6.50. The first-order valence-corrected chi connectivity index (χ1v) is 6.34. The van der Waals surface area contributed by atoms with Crippen molar-refractivity contribution in [1.82, 2.24) is 0 Å². The number of azo groups is 2. The Bertz CT molecular complexity index is 410. The van der Waals surface area contributed by atoms with Crippen LogP contribution in [-0.4, -0.2) is 16.3 Å². The summed E-state index contributed by atoms with van der Waals surface area (Å²) in [6, 6.07) is 11.2. The van der Waals surface area contributed by atoms with Crippen molar-refractivity contribution in [3.8, 4) is 0 Å². The third-order valence-electron chi connectivity index (χ3n) is 3.89. The molecule has 2 heteroatoms. The zero-order chi connectivity index (χ0) is 11.0.